The van der Waals surface area contributed by atoms with Gasteiger partial charge in [0.2, 0.25) is 29.5 Å². The Kier molecular flexibility index (Phi) is 12.9. The summed E-state index contributed by atoms with van der Waals surface area (Å²) in [5.74, 6) is -6.00. The number of urea groups is 1. The number of nitrogens with one attached hydrogen (secondary N) is 4. The van der Waals surface area contributed by atoms with E-state index in [1.807, 2.05) is 13.8 Å². The van der Waals surface area contributed by atoms with Crippen LogP contribution in [-0.2, 0) is 39.9 Å². The third-order valence-corrected chi connectivity index (χ3v) is 11.6. The smallest absolute Gasteiger partial charge is 0.329 e. The van der Waals surface area contributed by atoms with Crippen LogP contribution in [0.5, 0.6) is 0 Å². The number of hydrogen-bond donors (Lipinski definition) is 4. The molecular formula is C42H53F2N7O8. The highest BCUT2D eigenvalue weighted by atomic mass is 19.1. The minimum absolute atomic E-state index is 0.0213. The number of cyclic esters (lactones) is 1. The van der Waals surface area contributed by atoms with Crippen LogP contribution < -0.4 is 21.3 Å². The molecule has 17 heteroatoms. The maximum absolute atomic E-state index is 14.9. The van der Waals surface area contributed by atoms with Crippen LogP contribution in [0.25, 0.3) is 0 Å². The number of piperidine rings is 1. The van der Waals surface area contributed by atoms with Crippen molar-refractivity contribution < 1.29 is 47.1 Å². The van der Waals surface area contributed by atoms with Crippen molar-refractivity contribution in [2.45, 2.75) is 121 Å². The van der Waals surface area contributed by atoms with E-state index in [1.165, 1.54) is 35.5 Å². The Hall–Kier alpha value is -5.61. The molecule has 318 valence electrons. The summed E-state index contributed by atoms with van der Waals surface area (Å²) in [7, 11) is 0. The number of hydrogen-bond acceptors (Lipinski definition) is 8. The number of benzene rings is 2. The summed E-state index contributed by atoms with van der Waals surface area (Å²) in [4.78, 5) is 103. The molecule has 6 rings (SSSR count). The molecule has 4 aliphatic heterocycles. The number of nitrogens with zero attached hydrogens (tertiary/aromatic N) is 3. The SMILES string of the molecule is Cc1ccc(NC(=O)NC(Cc2cc(F)cc(F)c2)C(=O)NC2C(=O)N3CCCC3C(=O)N3CCCCC3C(=O)NC(C)C(=O)N3CC(C)CC3C(=O)OC2(C)C)cc1. The molecule has 59 heavy (non-hydrogen) atoms. The maximum atomic E-state index is 14.9. The zero-order chi connectivity index (χ0) is 42.8. The van der Waals surface area contributed by atoms with Gasteiger partial charge in [-0.15, -0.1) is 0 Å². The van der Waals surface area contributed by atoms with Gasteiger partial charge in [0, 0.05) is 37.8 Å². The zero-order valence-corrected chi connectivity index (χ0v) is 34.0. The van der Waals surface area contributed by atoms with E-state index in [-0.39, 0.29) is 44.0 Å². The topological polar surface area (TPSA) is 187 Å². The van der Waals surface area contributed by atoms with Crippen molar-refractivity contribution in [3.05, 3.63) is 65.2 Å². The van der Waals surface area contributed by atoms with E-state index in [1.54, 1.807) is 24.3 Å². The minimum Gasteiger partial charge on any atom is -0.455 e. The van der Waals surface area contributed by atoms with Crippen LogP contribution >= 0.6 is 0 Å². The summed E-state index contributed by atoms with van der Waals surface area (Å²) in [6, 6.07) is 1.44. The summed E-state index contributed by atoms with van der Waals surface area (Å²) < 4.78 is 34.8. The molecular weight excluding hydrogens is 768 g/mol. The van der Waals surface area contributed by atoms with Crippen LogP contribution in [0.2, 0.25) is 0 Å². The normalized spacial score (nSPS) is 26.9. The fourth-order valence-corrected chi connectivity index (χ4v) is 8.54. The Morgan fingerprint density at radius 2 is 1.49 bits per heavy atom. The van der Waals surface area contributed by atoms with Crippen LogP contribution in [0.1, 0.15) is 77.3 Å². The van der Waals surface area contributed by atoms with Gasteiger partial charge in [-0.05, 0) is 102 Å². The number of anilines is 1. The Morgan fingerprint density at radius 3 is 2.19 bits per heavy atom. The lowest BCUT2D eigenvalue weighted by Crippen LogP contribution is -2.65. The van der Waals surface area contributed by atoms with Gasteiger partial charge >= 0.3 is 12.0 Å². The quantitative estimate of drug-likeness (QED) is 0.321. The molecule has 15 nitrogen and oxygen atoms in total. The molecule has 4 saturated heterocycles. The maximum Gasteiger partial charge on any atom is 0.329 e. The summed E-state index contributed by atoms with van der Waals surface area (Å²) in [5, 5.41) is 10.6. The number of halogens is 2. The lowest BCUT2D eigenvalue weighted by molar-refractivity contribution is -0.172. The fourth-order valence-electron chi connectivity index (χ4n) is 8.54. The number of aryl methyl sites for hydroxylation is 1. The van der Waals surface area contributed by atoms with Crippen LogP contribution in [-0.4, -0.2) is 118 Å². The summed E-state index contributed by atoms with van der Waals surface area (Å²) in [5.41, 5.74) is -0.479. The third-order valence-electron chi connectivity index (χ3n) is 11.6. The van der Waals surface area contributed by atoms with Crippen LogP contribution in [0.4, 0.5) is 19.3 Å². The fraction of sp³-hybridized carbons (Fsp3) is 0.548. The molecule has 0 aliphatic carbocycles. The molecule has 2 aromatic carbocycles. The molecule has 7 unspecified atom stereocenters. The molecule has 0 bridgehead atoms. The predicted molar refractivity (Wildman–Crippen MR) is 210 cm³/mol. The van der Waals surface area contributed by atoms with Crippen molar-refractivity contribution in [2.75, 3.05) is 25.0 Å². The minimum atomic E-state index is -1.83. The highest BCUT2D eigenvalue weighted by Crippen LogP contribution is 2.31. The van der Waals surface area contributed by atoms with Crippen molar-refractivity contribution >= 4 is 47.2 Å². The molecule has 0 radical (unpaired) electrons. The largest absolute Gasteiger partial charge is 0.455 e. The van der Waals surface area contributed by atoms with Gasteiger partial charge in [-0.3, -0.25) is 24.0 Å². The first-order valence-electron chi connectivity index (χ1n) is 20.3. The second-order valence-corrected chi connectivity index (χ2v) is 16.8. The lowest BCUT2D eigenvalue weighted by atomic mass is 9.94. The van der Waals surface area contributed by atoms with Gasteiger partial charge in [0.15, 0.2) is 0 Å². The second-order valence-electron chi connectivity index (χ2n) is 16.8. The molecule has 4 N–H and O–H groups in total. The van der Waals surface area contributed by atoms with Crippen LogP contribution in [0.3, 0.4) is 0 Å². The van der Waals surface area contributed by atoms with Crippen molar-refractivity contribution in [2.24, 2.45) is 5.92 Å². The van der Waals surface area contributed by atoms with E-state index in [0.29, 0.717) is 37.4 Å². The van der Waals surface area contributed by atoms with E-state index < -0.39 is 101 Å². The van der Waals surface area contributed by atoms with Gasteiger partial charge in [-0.2, -0.15) is 0 Å². The van der Waals surface area contributed by atoms with E-state index >= 15 is 0 Å². The Morgan fingerprint density at radius 1 is 0.847 bits per heavy atom. The summed E-state index contributed by atoms with van der Waals surface area (Å²) in [6.45, 7) is 8.66. The first kappa shape index (κ1) is 43.0. The number of rotatable bonds is 6. The Labute approximate surface area is 341 Å². The van der Waals surface area contributed by atoms with Gasteiger partial charge in [-0.25, -0.2) is 18.4 Å². The molecule has 4 fully saturated rings. The highest BCUT2D eigenvalue weighted by molar-refractivity contribution is 5.99. The Balaban J connectivity index is 1.37. The van der Waals surface area contributed by atoms with Crippen molar-refractivity contribution in [3.8, 4) is 0 Å². The number of amides is 7. The number of ether oxygens (including phenoxy) is 1. The van der Waals surface area contributed by atoms with Crippen molar-refractivity contribution in [1.82, 2.24) is 30.7 Å². The molecule has 2 aromatic rings. The molecule has 7 atom stereocenters. The molecule has 0 aromatic heterocycles. The monoisotopic (exact) mass is 821 g/mol. The van der Waals surface area contributed by atoms with Gasteiger partial charge in [0.1, 0.15) is 53.5 Å². The number of carbonyl (C=O) groups is 7. The van der Waals surface area contributed by atoms with Gasteiger partial charge < -0.3 is 40.7 Å². The van der Waals surface area contributed by atoms with Crippen molar-refractivity contribution in [3.63, 3.8) is 0 Å². The standard InChI is InChI=1S/C42H53F2N7O8/c1-23-11-13-29(14-12-23)46-41(58)47-30(20-26-18-27(43)21-28(44)19-26)35(52)48-34-39(56)50-16-8-10-32(50)38(55)49-15-7-6-9-31(49)36(53)45-25(3)37(54)51-22-24(2)17-33(51)40(57)59-42(34,4)5/h11-14,18-19,21,24-25,30-34H,6-10,15-17,20,22H2,1-5H3,(H,45,53)(H,48,52)(H2,46,47,58). The van der Waals surface area contributed by atoms with E-state index in [4.69, 9.17) is 4.74 Å². The average Bonchev–Trinajstić information content (AvgIpc) is 3.83. The Bertz CT molecular complexity index is 1960. The average molecular weight is 822 g/mol. The predicted octanol–water partition coefficient (Wildman–Crippen LogP) is 2.94. The van der Waals surface area contributed by atoms with Gasteiger partial charge in [-0.1, -0.05) is 24.6 Å². The van der Waals surface area contributed by atoms with Crippen LogP contribution in [0, 0.1) is 24.5 Å². The van der Waals surface area contributed by atoms with E-state index in [2.05, 4.69) is 21.3 Å². The summed E-state index contributed by atoms with van der Waals surface area (Å²) >= 11 is 0. The van der Waals surface area contributed by atoms with Crippen molar-refractivity contribution in [1.29, 1.82) is 0 Å². The first-order valence-corrected chi connectivity index (χ1v) is 20.3. The van der Waals surface area contributed by atoms with Gasteiger partial charge in [0.25, 0.3) is 0 Å². The molecule has 4 heterocycles. The molecule has 4 aliphatic rings. The van der Waals surface area contributed by atoms with E-state index in [0.717, 1.165) is 17.7 Å². The van der Waals surface area contributed by atoms with Crippen LogP contribution in [0.15, 0.2) is 42.5 Å². The van der Waals surface area contributed by atoms with E-state index in [9.17, 15) is 42.3 Å². The van der Waals surface area contributed by atoms with Gasteiger partial charge in [0.05, 0.1) is 0 Å². The number of carbonyl (C=O) groups excluding carboxylic acids is 7. The number of fused-ring (bicyclic) bond motifs is 3. The molecule has 0 spiro atoms. The number of esters is 1. The zero-order valence-electron chi connectivity index (χ0n) is 34.0. The third kappa shape index (κ3) is 9.82. The summed E-state index contributed by atoms with van der Waals surface area (Å²) in [6.07, 6.45) is 2.14. The molecule has 0 saturated carbocycles. The second kappa shape index (κ2) is 17.7. The first-order chi connectivity index (χ1) is 27.9. The molecule has 7 amide bonds. The lowest BCUT2D eigenvalue weighted by Gasteiger charge is -2.41. The highest BCUT2D eigenvalue weighted by Gasteiger charge is 2.50.